The second-order valence-electron chi connectivity index (χ2n) is 6.08. The third-order valence-electron chi connectivity index (χ3n) is 4.36. The van der Waals surface area contributed by atoms with E-state index in [4.69, 9.17) is 11.6 Å². The molecule has 0 atom stereocenters. The van der Waals surface area contributed by atoms with Gasteiger partial charge >= 0.3 is 0 Å². The van der Waals surface area contributed by atoms with E-state index in [2.05, 4.69) is 5.32 Å². The number of rotatable bonds is 3. The van der Waals surface area contributed by atoms with Gasteiger partial charge in [0.1, 0.15) is 12.4 Å². The molecular formula is C20H12ClFN2O3. The number of anilines is 1. The Morgan fingerprint density at radius 1 is 1.00 bits per heavy atom. The number of imide groups is 1. The van der Waals surface area contributed by atoms with Crippen molar-refractivity contribution in [3.8, 4) is 0 Å². The van der Waals surface area contributed by atoms with Gasteiger partial charge in [-0.2, -0.15) is 0 Å². The lowest BCUT2D eigenvalue weighted by atomic mass is 9.94. The summed E-state index contributed by atoms with van der Waals surface area (Å²) in [5, 5.41) is 3.75. The maximum atomic E-state index is 13.2. The van der Waals surface area contributed by atoms with Gasteiger partial charge in [-0.15, -0.1) is 0 Å². The Hall–Kier alpha value is -3.25. The lowest BCUT2D eigenvalue weighted by Gasteiger charge is -2.26. The molecule has 7 heteroatoms. The first-order chi connectivity index (χ1) is 13.0. The van der Waals surface area contributed by atoms with Gasteiger partial charge < -0.3 is 5.32 Å². The van der Waals surface area contributed by atoms with Gasteiger partial charge in [-0.1, -0.05) is 35.9 Å². The molecule has 5 nitrogen and oxygen atoms in total. The highest BCUT2D eigenvalue weighted by Gasteiger charge is 2.33. The van der Waals surface area contributed by atoms with Gasteiger partial charge in [-0.3, -0.25) is 19.3 Å². The number of halogens is 2. The first kappa shape index (κ1) is 17.2. The predicted molar refractivity (Wildman–Crippen MR) is 99.4 cm³/mol. The fourth-order valence-electron chi connectivity index (χ4n) is 3.14. The molecule has 0 radical (unpaired) electrons. The molecule has 1 aliphatic rings. The molecule has 0 saturated heterocycles. The zero-order chi connectivity index (χ0) is 19.1. The smallest absolute Gasteiger partial charge is 0.261 e. The van der Waals surface area contributed by atoms with Gasteiger partial charge in [0.05, 0.1) is 5.02 Å². The van der Waals surface area contributed by atoms with Crippen molar-refractivity contribution >= 4 is 45.8 Å². The van der Waals surface area contributed by atoms with Gasteiger partial charge in [-0.05, 0) is 35.7 Å². The Morgan fingerprint density at radius 2 is 1.63 bits per heavy atom. The summed E-state index contributed by atoms with van der Waals surface area (Å²) < 4.78 is 13.2. The van der Waals surface area contributed by atoms with Crippen LogP contribution in [0, 0.1) is 5.82 Å². The highest BCUT2D eigenvalue weighted by Crippen LogP contribution is 2.30. The van der Waals surface area contributed by atoms with Gasteiger partial charge in [-0.25, -0.2) is 4.39 Å². The largest absolute Gasteiger partial charge is 0.324 e. The third kappa shape index (κ3) is 2.94. The molecule has 4 rings (SSSR count). The van der Waals surface area contributed by atoms with E-state index in [1.807, 2.05) is 12.1 Å². The van der Waals surface area contributed by atoms with Gasteiger partial charge in [0.15, 0.2) is 0 Å². The summed E-state index contributed by atoms with van der Waals surface area (Å²) in [6, 6.07) is 14.1. The van der Waals surface area contributed by atoms with Crippen LogP contribution in [0.4, 0.5) is 10.1 Å². The lowest BCUT2D eigenvalue weighted by molar-refractivity contribution is -0.116. The summed E-state index contributed by atoms with van der Waals surface area (Å²) in [5.41, 5.74) is 1.02. The van der Waals surface area contributed by atoms with Gasteiger partial charge in [0.25, 0.3) is 11.8 Å². The Kier molecular flexibility index (Phi) is 4.12. The van der Waals surface area contributed by atoms with Crippen LogP contribution < -0.4 is 5.32 Å². The maximum absolute atomic E-state index is 13.2. The number of hydrogen-bond acceptors (Lipinski definition) is 3. The molecule has 3 aromatic carbocycles. The van der Waals surface area contributed by atoms with E-state index in [-0.39, 0.29) is 10.7 Å². The standard InChI is InChI=1S/C20H12ClFN2O3/c21-15-9-12(7-8-16(15)22)23-17(25)10-24-19(26)13-5-1-3-11-4-2-6-14(18(11)13)20(24)27/h1-9H,10H2,(H,23,25). The van der Waals surface area contributed by atoms with Crippen molar-refractivity contribution in [3.05, 3.63) is 76.6 Å². The highest BCUT2D eigenvalue weighted by molar-refractivity contribution is 6.31. The Bertz CT molecular complexity index is 1080. The van der Waals surface area contributed by atoms with E-state index in [9.17, 15) is 18.8 Å². The third-order valence-corrected chi connectivity index (χ3v) is 4.65. The van der Waals surface area contributed by atoms with Crippen LogP contribution in [-0.2, 0) is 4.79 Å². The van der Waals surface area contributed by atoms with Crippen molar-refractivity contribution < 1.29 is 18.8 Å². The molecule has 0 aromatic heterocycles. The summed E-state index contributed by atoms with van der Waals surface area (Å²) in [6.07, 6.45) is 0. The molecule has 0 bridgehead atoms. The van der Waals surface area contributed by atoms with Crippen LogP contribution in [0.1, 0.15) is 20.7 Å². The van der Waals surface area contributed by atoms with E-state index < -0.39 is 30.1 Å². The average molecular weight is 383 g/mol. The average Bonchev–Trinajstić information content (AvgIpc) is 2.66. The summed E-state index contributed by atoms with van der Waals surface area (Å²) in [5.74, 6) is -2.26. The molecule has 1 aliphatic heterocycles. The summed E-state index contributed by atoms with van der Waals surface area (Å²) >= 11 is 5.69. The molecular weight excluding hydrogens is 371 g/mol. The van der Waals surface area contributed by atoms with Crippen molar-refractivity contribution in [2.45, 2.75) is 0 Å². The van der Waals surface area contributed by atoms with E-state index in [0.717, 1.165) is 16.4 Å². The van der Waals surface area contributed by atoms with Crippen molar-refractivity contribution in [2.24, 2.45) is 0 Å². The summed E-state index contributed by atoms with van der Waals surface area (Å²) in [7, 11) is 0. The SMILES string of the molecule is O=C(CN1C(=O)c2cccc3cccc(c23)C1=O)Nc1ccc(F)c(Cl)c1. The number of amides is 3. The number of carbonyl (C=O) groups is 3. The van der Waals surface area contributed by atoms with Crippen molar-refractivity contribution in [1.29, 1.82) is 0 Å². The number of carbonyl (C=O) groups excluding carboxylic acids is 3. The van der Waals surface area contributed by atoms with E-state index in [1.165, 1.54) is 12.1 Å². The van der Waals surface area contributed by atoms with Crippen molar-refractivity contribution in [3.63, 3.8) is 0 Å². The number of nitrogens with one attached hydrogen (secondary N) is 1. The maximum Gasteiger partial charge on any atom is 0.261 e. The van der Waals surface area contributed by atoms with E-state index in [0.29, 0.717) is 16.5 Å². The molecule has 0 aliphatic carbocycles. The second kappa shape index (κ2) is 6.48. The van der Waals surface area contributed by atoms with Crippen molar-refractivity contribution in [2.75, 3.05) is 11.9 Å². The quantitative estimate of drug-likeness (QED) is 0.699. The molecule has 1 N–H and O–H groups in total. The zero-order valence-corrected chi connectivity index (χ0v) is 14.6. The topological polar surface area (TPSA) is 66.5 Å². The lowest BCUT2D eigenvalue weighted by Crippen LogP contribution is -2.44. The predicted octanol–water partition coefficient (Wildman–Crippen LogP) is 3.87. The molecule has 3 amide bonds. The van der Waals surface area contributed by atoms with Crippen LogP contribution in [-0.4, -0.2) is 29.2 Å². The minimum Gasteiger partial charge on any atom is -0.324 e. The Labute approximate surface area is 158 Å². The van der Waals surface area contributed by atoms with Gasteiger partial charge in [0, 0.05) is 22.2 Å². The van der Waals surface area contributed by atoms with Crippen LogP contribution in [0.15, 0.2) is 54.6 Å². The van der Waals surface area contributed by atoms with Crippen LogP contribution in [0.2, 0.25) is 5.02 Å². The Balaban J connectivity index is 1.61. The molecule has 1 heterocycles. The minimum absolute atomic E-state index is 0.140. The fraction of sp³-hybridized carbons (Fsp3) is 0.0500. The highest BCUT2D eigenvalue weighted by atomic mass is 35.5. The molecule has 0 unspecified atom stereocenters. The number of benzene rings is 3. The van der Waals surface area contributed by atoms with E-state index in [1.54, 1.807) is 24.3 Å². The number of hydrogen-bond donors (Lipinski definition) is 1. The summed E-state index contributed by atoms with van der Waals surface area (Å²) in [6.45, 7) is -0.461. The minimum atomic E-state index is -0.610. The molecule has 134 valence electrons. The van der Waals surface area contributed by atoms with Crippen LogP contribution in [0.3, 0.4) is 0 Å². The first-order valence-corrected chi connectivity index (χ1v) is 8.46. The molecule has 0 saturated carbocycles. The number of nitrogens with zero attached hydrogens (tertiary/aromatic N) is 1. The zero-order valence-electron chi connectivity index (χ0n) is 13.8. The van der Waals surface area contributed by atoms with Gasteiger partial charge in [0.2, 0.25) is 5.91 Å². The molecule has 0 fully saturated rings. The van der Waals surface area contributed by atoms with E-state index >= 15 is 0 Å². The van der Waals surface area contributed by atoms with Crippen LogP contribution in [0.5, 0.6) is 0 Å². The first-order valence-electron chi connectivity index (χ1n) is 8.08. The monoisotopic (exact) mass is 382 g/mol. The fourth-order valence-corrected chi connectivity index (χ4v) is 3.32. The van der Waals surface area contributed by atoms with Crippen LogP contribution >= 0.6 is 11.6 Å². The molecule has 27 heavy (non-hydrogen) atoms. The van der Waals surface area contributed by atoms with Crippen LogP contribution in [0.25, 0.3) is 10.8 Å². The molecule has 0 spiro atoms. The molecule has 3 aromatic rings. The van der Waals surface area contributed by atoms with Crippen molar-refractivity contribution in [1.82, 2.24) is 4.90 Å². The normalized spacial score (nSPS) is 13.2. The Morgan fingerprint density at radius 3 is 2.22 bits per heavy atom. The summed E-state index contributed by atoms with van der Waals surface area (Å²) in [4.78, 5) is 38.7. The second-order valence-corrected chi connectivity index (χ2v) is 6.49.